The van der Waals surface area contributed by atoms with Crippen LogP contribution in [0.1, 0.15) is 71.8 Å². The average molecular weight is 260 g/mol. The van der Waals surface area contributed by atoms with Crippen molar-refractivity contribution in [1.82, 2.24) is 0 Å². The molecule has 1 atom stereocenters. The molecule has 0 radical (unpaired) electrons. The molecular weight excluding hydrogens is 228 g/mol. The maximum atomic E-state index is 2.34. The number of hydrogen-bond donors (Lipinski definition) is 0. The maximum absolute atomic E-state index is 2.34. The summed E-state index contributed by atoms with van der Waals surface area (Å²) in [5, 5.41) is 0. The minimum Gasteiger partial charge on any atom is -0.0625 e. The second kappa shape index (κ2) is 8.40. The number of hydrogen-bond acceptors (Lipinski definition) is 0. The van der Waals surface area contributed by atoms with Gasteiger partial charge in [-0.25, -0.2) is 0 Å². The molecule has 1 aliphatic carbocycles. The van der Waals surface area contributed by atoms with E-state index in [1.807, 2.05) is 0 Å². The molecule has 0 aliphatic heterocycles. The molecule has 0 heteroatoms. The van der Waals surface area contributed by atoms with Crippen molar-refractivity contribution in [1.29, 1.82) is 0 Å². The lowest BCUT2D eigenvalue weighted by Crippen LogP contribution is -2.01. The zero-order chi connectivity index (χ0) is 14.3. The van der Waals surface area contributed by atoms with E-state index in [0.717, 1.165) is 17.8 Å². The van der Waals surface area contributed by atoms with E-state index in [1.165, 1.54) is 31.2 Å². The summed E-state index contributed by atoms with van der Waals surface area (Å²) in [5.41, 5.74) is 1.45. The summed E-state index contributed by atoms with van der Waals surface area (Å²) in [4.78, 5) is 0. The minimum absolute atomic E-state index is 0.677. The quantitative estimate of drug-likeness (QED) is 0.600. The van der Waals surface area contributed by atoms with Crippen molar-refractivity contribution in [3.05, 3.63) is 35.9 Å². The first-order valence-electron chi connectivity index (χ1n) is 8.07. The van der Waals surface area contributed by atoms with E-state index in [-0.39, 0.29) is 0 Å². The van der Waals surface area contributed by atoms with Gasteiger partial charge in [-0.15, -0.1) is 0 Å². The third-order valence-electron chi connectivity index (χ3n) is 4.67. The summed E-state index contributed by atoms with van der Waals surface area (Å²) >= 11 is 0. The van der Waals surface area contributed by atoms with Crippen LogP contribution in [0.5, 0.6) is 0 Å². The van der Waals surface area contributed by atoms with Gasteiger partial charge in [0.05, 0.1) is 0 Å². The van der Waals surface area contributed by atoms with Crippen molar-refractivity contribution in [3.63, 3.8) is 0 Å². The van der Waals surface area contributed by atoms with E-state index < -0.39 is 0 Å². The normalized spacial score (nSPS) is 17.4. The SMILES string of the molecule is CC(C)C1CCCC1.CC(C)[C@H](C)c1ccccc1. The second-order valence-electron chi connectivity index (χ2n) is 6.73. The Morgan fingerprint density at radius 1 is 0.842 bits per heavy atom. The van der Waals surface area contributed by atoms with Crippen LogP contribution in [0.2, 0.25) is 0 Å². The Hall–Kier alpha value is -0.780. The van der Waals surface area contributed by atoms with Crippen LogP contribution in [0.4, 0.5) is 0 Å². The van der Waals surface area contributed by atoms with Crippen molar-refractivity contribution in [3.8, 4) is 0 Å². The van der Waals surface area contributed by atoms with Gasteiger partial charge in [-0.2, -0.15) is 0 Å². The zero-order valence-corrected chi connectivity index (χ0v) is 13.5. The molecule has 0 bridgehead atoms. The van der Waals surface area contributed by atoms with Gasteiger partial charge >= 0.3 is 0 Å². The molecule has 0 heterocycles. The molecule has 0 amide bonds. The molecule has 1 aromatic carbocycles. The standard InChI is InChI=1S/C11H16.C8H16/c1-9(2)10(3)11-7-5-4-6-8-11;1-7(2)8-5-3-4-6-8/h4-10H,1-3H3;7-8H,3-6H2,1-2H3/t10-;/m0./s1. The van der Waals surface area contributed by atoms with Crippen molar-refractivity contribution in [2.24, 2.45) is 17.8 Å². The van der Waals surface area contributed by atoms with Gasteiger partial charge < -0.3 is 0 Å². The molecule has 0 nitrogen and oxygen atoms in total. The highest BCUT2D eigenvalue weighted by atomic mass is 14.2. The van der Waals surface area contributed by atoms with Gasteiger partial charge in [0, 0.05) is 0 Å². The monoisotopic (exact) mass is 260 g/mol. The highest BCUT2D eigenvalue weighted by Crippen LogP contribution is 2.30. The Balaban J connectivity index is 0.000000200. The van der Waals surface area contributed by atoms with Gasteiger partial charge in [-0.05, 0) is 29.2 Å². The Morgan fingerprint density at radius 2 is 1.37 bits per heavy atom. The van der Waals surface area contributed by atoms with E-state index >= 15 is 0 Å². The fraction of sp³-hybridized carbons (Fsp3) is 0.684. The Bertz CT molecular complexity index is 317. The molecule has 1 fully saturated rings. The van der Waals surface area contributed by atoms with E-state index in [9.17, 15) is 0 Å². The first-order valence-corrected chi connectivity index (χ1v) is 8.07. The molecular formula is C19H32. The van der Waals surface area contributed by atoms with Gasteiger partial charge in [-0.1, -0.05) is 90.6 Å². The van der Waals surface area contributed by atoms with Crippen LogP contribution < -0.4 is 0 Å². The molecule has 1 saturated carbocycles. The lowest BCUT2D eigenvalue weighted by Gasteiger charge is -2.15. The van der Waals surface area contributed by atoms with Crippen LogP contribution in [-0.4, -0.2) is 0 Å². The van der Waals surface area contributed by atoms with E-state index in [2.05, 4.69) is 65.0 Å². The predicted octanol–water partition coefficient (Wildman–Crippen LogP) is 6.28. The first-order chi connectivity index (χ1) is 9.02. The average Bonchev–Trinajstić information content (AvgIpc) is 2.93. The van der Waals surface area contributed by atoms with Crippen molar-refractivity contribution >= 4 is 0 Å². The van der Waals surface area contributed by atoms with Crippen LogP contribution in [-0.2, 0) is 0 Å². The molecule has 108 valence electrons. The molecule has 2 rings (SSSR count). The number of benzene rings is 1. The highest BCUT2D eigenvalue weighted by Gasteiger charge is 2.17. The van der Waals surface area contributed by atoms with Gasteiger partial charge in [0.1, 0.15) is 0 Å². The van der Waals surface area contributed by atoms with E-state index in [4.69, 9.17) is 0 Å². The van der Waals surface area contributed by atoms with Crippen molar-refractivity contribution in [2.75, 3.05) is 0 Å². The summed E-state index contributed by atoms with van der Waals surface area (Å²) in [6.07, 6.45) is 5.97. The van der Waals surface area contributed by atoms with Crippen LogP contribution >= 0.6 is 0 Å². The molecule has 0 N–H and O–H groups in total. The third kappa shape index (κ3) is 5.80. The van der Waals surface area contributed by atoms with Gasteiger partial charge in [-0.3, -0.25) is 0 Å². The topological polar surface area (TPSA) is 0 Å². The Kier molecular flexibility index (Phi) is 7.20. The highest BCUT2D eigenvalue weighted by molar-refractivity contribution is 5.18. The van der Waals surface area contributed by atoms with Crippen LogP contribution in [0.15, 0.2) is 30.3 Å². The smallest absolute Gasteiger partial charge is 0.0167 e. The Morgan fingerprint density at radius 3 is 1.74 bits per heavy atom. The fourth-order valence-corrected chi connectivity index (χ4v) is 2.77. The molecule has 1 aromatic rings. The molecule has 0 spiro atoms. The summed E-state index contributed by atoms with van der Waals surface area (Å²) in [7, 11) is 0. The summed E-state index contributed by atoms with van der Waals surface area (Å²) in [6, 6.07) is 10.7. The third-order valence-corrected chi connectivity index (χ3v) is 4.67. The van der Waals surface area contributed by atoms with E-state index in [1.54, 1.807) is 0 Å². The molecule has 0 aromatic heterocycles. The zero-order valence-electron chi connectivity index (χ0n) is 13.5. The summed E-state index contributed by atoms with van der Waals surface area (Å²) in [6.45, 7) is 11.5. The largest absolute Gasteiger partial charge is 0.0625 e. The number of rotatable bonds is 3. The minimum atomic E-state index is 0.677. The van der Waals surface area contributed by atoms with Crippen LogP contribution in [0.3, 0.4) is 0 Å². The van der Waals surface area contributed by atoms with Gasteiger partial charge in [0.25, 0.3) is 0 Å². The summed E-state index contributed by atoms with van der Waals surface area (Å²) < 4.78 is 0. The Labute approximate surface area is 120 Å². The lowest BCUT2D eigenvalue weighted by atomic mass is 9.91. The van der Waals surface area contributed by atoms with E-state index in [0.29, 0.717) is 5.92 Å². The second-order valence-corrected chi connectivity index (χ2v) is 6.73. The van der Waals surface area contributed by atoms with Crippen LogP contribution in [0, 0.1) is 17.8 Å². The summed E-state index contributed by atoms with van der Waals surface area (Å²) in [5.74, 6) is 3.42. The molecule has 0 unspecified atom stereocenters. The van der Waals surface area contributed by atoms with Crippen molar-refractivity contribution in [2.45, 2.75) is 66.2 Å². The first kappa shape index (κ1) is 16.3. The molecule has 0 saturated heterocycles. The fourth-order valence-electron chi connectivity index (χ4n) is 2.77. The molecule has 19 heavy (non-hydrogen) atoms. The van der Waals surface area contributed by atoms with Gasteiger partial charge in [0.15, 0.2) is 0 Å². The maximum Gasteiger partial charge on any atom is -0.0167 e. The van der Waals surface area contributed by atoms with Gasteiger partial charge in [0.2, 0.25) is 0 Å². The molecule has 1 aliphatic rings. The van der Waals surface area contributed by atoms with Crippen LogP contribution in [0.25, 0.3) is 0 Å². The lowest BCUT2D eigenvalue weighted by molar-refractivity contribution is 0.396. The van der Waals surface area contributed by atoms with Crippen molar-refractivity contribution < 1.29 is 0 Å². The predicted molar refractivity (Wildman–Crippen MR) is 86.5 cm³/mol.